The molecule has 0 bridgehead atoms. The first-order valence-corrected chi connectivity index (χ1v) is 8.27. The van der Waals surface area contributed by atoms with Crippen LogP contribution >= 0.6 is 0 Å². The van der Waals surface area contributed by atoms with Gasteiger partial charge in [0.25, 0.3) is 5.91 Å². The Balaban J connectivity index is 1.78. The highest BCUT2D eigenvalue weighted by Gasteiger charge is 2.30. The molecule has 3 rings (SSSR count). The molecule has 1 aliphatic heterocycles. The highest BCUT2D eigenvalue weighted by molar-refractivity contribution is 5.92. The number of aromatic nitrogens is 2. The highest BCUT2D eigenvalue weighted by Crippen LogP contribution is 2.18. The summed E-state index contributed by atoms with van der Waals surface area (Å²) in [5, 5.41) is 4.28. The van der Waals surface area contributed by atoms with E-state index >= 15 is 0 Å². The fourth-order valence-corrected chi connectivity index (χ4v) is 3.18. The molecule has 0 aliphatic carbocycles. The van der Waals surface area contributed by atoms with Crippen molar-refractivity contribution >= 4 is 5.91 Å². The van der Waals surface area contributed by atoms with Crippen LogP contribution in [0.4, 0.5) is 4.39 Å². The van der Waals surface area contributed by atoms with Crippen molar-refractivity contribution in [2.24, 2.45) is 5.92 Å². The van der Waals surface area contributed by atoms with E-state index in [9.17, 15) is 9.18 Å². The normalized spacial score (nSPS) is 19.0. The van der Waals surface area contributed by atoms with Crippen LogP contribution in [0.25, 0.3) is 5.69 Å². The molecule has 0 N–H and O–H groups in total. The molecule has 1 aromatic carbocycles. The number of piperazine rings is 1. The smallest absolute Gasteiger partial charge is 0.274 e. The van der Waals surface area contributed by atoms with Gasteiger partial charge in [0.05, 0.1) is 0 Å². The van der Waals surface area contributed by atoms with E-state index < -0.39 is 0 Å². The summed E-state index contributed by atoms with van der Waals surface area (Å²) in [5.74, 6) is 0.0180. The number of hydrogen-bond donors (Lipinski definition) is 0. The molecule has 1 amide bonds. The molecule has 1 aromatic heterocycles. The maximum absolute atomic E-state index is 13.9. The minimum atomic E-state index is -0.362. The average molecular weight is 330 g/mol. The number of hydrogen-bond acceptors (Lipinski definition) is 3. The van der Waals surface area contributed by atoms with Gasteiger partial charge in [-0.3, -0.25) is 9.69 Å². The van der Waals surface area contributed by atoms with E-state index in [1.54, 1.807) is 30.5 Å². The molecule has 128 valence electrons. The van der Waals surface area contributed by atoms with E-state index in [1.165, 1.54) is 10.7 Å². The van der Waals surface area contributed by atoms with E-state index in [0.29, 0.717) is 36.4 Å². The number of halogens is 1. The monoisotopic (exact) mass is 330 g/mol. The first-order valence-electron chi connectivity index (χ1n) is 8.27. The van der Waals surface area contributed by atoms with Gasteiger partial charge >= 0.3 is 0 Å². The number of carbonyl (C=O) groups is 1. The van der Waals surface area contributed by atoms with Gasteiger partial charge in [-0.2, -0.15) is 5.10 Å². The Morgan fingerprint density at radius 2 is 2.00 bits per heavy atom. The van der Waals surface area contributed by atoms with E-state index in [0.717, 1.165) is 6.54 Å². The van der Waals surface area contributed by atoms with Gasteiger partial charge in [-0.25, -0.2) is 9.07 Å². The van der Waals surface area contributed by atoms with Crippen LogP contribution in [0.15, 0.2) is 36.5 Å². The molecule has 0 saturated carbocycles. The lowest BCUT2D eigenvalue weighted by Crippen LogP contribution is -2.55. The summed E-state index contributed by atoms with van der Waals surface area (Å²) in [6.07, 6.45) is 1.63. The van der Waals surface area contributed by atoms with Gasteiger partial charge in [0.2, 0.25) is 0 Å². The molecule has 0 spiro atoms. The molecule has 5 nitrogen and oxygen atoms in total. The molecule has 2 heterocycles. The van der Waals surface area contributed by atoms with Crippen molar-refractivity contribution < 1.29 is 9.18 Å². The van der Waals surface area contributed by atoms with Gasteiger partial charge in [-0.05, 0) is 31.2 Å². The lowest BCUT2D eigenvalue weighted by atomic mass is 10.00. The zero-order chi connectivity index (χ0) is 17.3. The van der Waals surface area contributed by atoms with Gasteiger partial charge in [0.15, 0.2) is 5.69 Å². The van der Waals surface area contributed by atoms with Gasteiger partial charge in [0.1, 0.15) is 11.5 Å². The summed E-state index contributed by atoms with van der Waals surface area (Å²) in [6.45, 7) is 6.57. The Kier molecular flexibility index (Phi) is 4.66. The van der Waals surface area contributed by atoms with Crippen molar-refractivity contribution in [3.8, 4) is 5.69 Å². The van der Waals surface area contributed by atoms with E-state index in [2.05, 4.69) is 30.9 Å². The molecule has 6 heteroatoms. The fourth-order valence-electron chi connectivity index (χ4n) is 3.18. The van der Waals surface area contributed by atoms with Crippen molar-refractivity contribution in [1.29, 1.82) is 0 Å². The first-order chi connectivity index (χ1) is 11.5. The third kappa shape index (κ3) is 3.19. The average Bonchev–Trinajstić information content (AvgIpc) is 3.04. The Labute approximate surface area is 141 Å². The summed E-state index contributed by atoms with van der Waals surface area (Å²) in [4.78, 5) is 16.9. The van der Waals surface area contributed by atoms with Gasteiger partial charge in [-0.1, -0.05) is 26.0 Å². The highest BCUT2D eigenvalue weighted by atomic mass is 19.1. The van der Waals surface area contributed by atoms with Crippen molar-refractivity contribution in [2.45, 2.75) is 19.9 Å². The van der Waals surface area contributed by atoms with E-state index in [1.807, 2.05) is 4.90 Å². The number of rotatable bonds is 3. The maximum atomic E-state index is 13.9. The minimum Gasteiger partial charge on any atom is -0.334 e. The van der Waals surface area contributed by atoms with Crippen LogP contribution in [0.1, 0.15) is 24.3 Å². The third-order valence-electron chi connectivity index (χ3n) is 4.66. The Bertz CT molecular complexity index is 727. The quantitative estimate of drug-likeness (QED) is 0.868. The lowest BCUT2D eigenvalue weighted by molar-refractivity contribution is 0.0459. The Hall–Kier alpha value is -2.21. The van der Waals surface area contributed by atoms with E-state index in [4.69, 9.17) is 0 Å². The Morgan fingerprint density at radius 1 is 1.25 bits per heavy atom. The molecule has 24 heavy (non-hydrogen) atoms. The van der Waals surface area contributed by atoms with Crippen molar-refractivity contribution in [1.82, 2.24) is 19.6 Å². The SMILES string of the molecule is CC(C)[C@H]1CN(C(=O)c2ccn(-c3ccccc3F)n2)CCN1C. The van der Waals surface area contributed by atoms with Crippen LogP contribution in [0.2, 0.25) is 0 Å². The van der Waals surface area contributed by atoms with Crippen LogP contribution in [-0.2, 0) is 0 Å². The number of amides is 1. The third-order valence-corrected chi connectivity index (χ3v) is 4.66. The molecule has 1 aliphatic rings. The largest absolute Gasteiger partial charge is 0.334 e. The van der Waals surface area contributed by atoms with Crippen molar-refractivity contribution in [3.63, 3.8) is 0 Å². The van der Waals surface area contributed by atoms with Crippen molar-refractivity contribution in [2.75, 3.05) is 26.7 Å². The predicted molar refractivity (Wildman–Crippen MR) is 90.7 cm³/mol. The lowest BCUT2D eigenvalue weighted by Gasteiger charge is -2.41. The number of carbonyl (C=O) groups excluding carboxylic acids is 1. The molecule has 1 atom stereocenters. The number of para-hydroxylation sites is 1. The van der Waals surface area contributed by atoms with Gasteiger partial charge in [0, 0.05) is 31.9 Å². The van der Waals surface area contributed by atoms with Crippen LogP contribution < -0.4 is 0 Å². The molecule has 1 fully saturated rings. The number of likely N-dealkylation sites (N-methyl/N-ethyl adjacent to an activating group) is 1. The molecule has 0 unspecified atom stereocenters. The molecule has 0 radical (unpaired) electrons. The zero-order valence-electron chi connectivity index (χ0n) is 14.3. The number of nitrogens with zero attached hydrogens (tertiary/aromatic N) is 4. The number of benzene rings is 1. The second-order valence-electron chi connectivity index (χ2n) is 6.64. The standard InChI is InChI=1S/C18H23FN4O/c1-13(2)17-12-22(11-10-21(17)3)18(24)15-8-9-23(20-15)16-7-5-4-6-14(16)19/h4-9,13,17H,10-12H2,1-3H3/t17-/m1/s1. The van der Waals surface area contributed by atoms with Crippen LogP contribution in [0.3, 0.4) is 0 Å². The Morgan fingerprint density at radius 3 is 2.71 bits per heavy atom. The predicted octanol–water partition coefficient (Wildman–Crippen LogP) is 2.42. The second kappa shape index (κ2) is 6.73. The summed E-state index contributed by atoms with van der Waals surface area (Å²) in [5.41, 5.74) is 0.695. The van der Waals surface area contributed by atoms with Crippen LogP contribution in [0, 0.1) is 11.7 Å². The second-order valence-corrected chi connectivity index (χ2v) is 6.64. The molecule has 2 aromatic rings. The topological polar surface area (TPSA) is 41.4 Å². The summed E-state index contributed by atoms with van der Waals surface area (Å²) < 4.78 is 15.3. The fraction of sp³-hybridized carbons (Fsp3) is 0.444. The first kappa shape index (κ1) is 16.6. The van der Waals surface area contributed by atoms with Crippen LogP contribution in [-0.4, -0.2) is 58.2 Å². The van der Waals surface area contributed by atoms with Gasteiger partial charge in [-0.15, -0.1) is 0 Å². The minimum absolute atomic E-state index is 0.0937. The van der Waals surface area contributed by atoms with Crippen molar-refractivity contribution in [3.05, 3.63) is 48.0 Å². The zero-order valence-corrected chi connectivity index (χ0v) is 14.3. The molecular weight excluding hydrogens is 307 g/mol. The summed E-state index contributed by atoms with van der Waals surface area (Å²) in [6, 6.07) is 8.39. The summed E-state index contributed by atoms with van der Waals surface area (Å²) >= 11 is 0. The maximum Gasteiger partial charge on any atom is 0.274 e. The van der Waals surface area contributed by atoms with E-state index in [-0.39, 0.29) is 11.7 Å². The van der Waals surface area contributed by atoms with Gasteiger partial charge < -0.3 is 4.90 Å². The summed E-state index contributed by atoms with van der Waals surface area (Å²) in [7, 11) is 2.10. The van der Waals surface area contributed by atoms with Crippen LogP contribution in [0.5, 0.6) is 0 Å². The molecule has 1 saturated heterocycles. The molecular formula is C18H23FN4O.